The van der Waals surface area contributed by atoms with E-state index in [1.165, 1.54) is 128 Å². The summed E-state index contributed by atoms with van der Waals surface area (Å²) in [6, 6.07) is -0.630. The molecule has 0 bridgehead atoms. The lowest BCUT2D eigenvalue weighted by Gasteiger charge is -2.19. The minimum Gasteiger partial charge on any atom is -0.394 e. The number of hydrogen-bond donors (Lipinski definition) is 3. The molecule has 3 N–H and O–H groups in total. The van der Waals surface area contributed by atoms with Crippen molar-refractivity contribution in [3.05, 3.63) is 24.3 Å². The van der Waals surface area contributed by atoms with Gasteiger partial charge >= 0.3 is 0 Å². The number of amides is 1. The van der Waals surface area contributed by atoms with Gasteiger partial charge in [-0.25, -0.2) is 0 Å². The van der Waals surface area contributed by atoms with Crippen molar-refractivity contribution in [1.82, 2.24) is 5.32 Å². The quantitative estimate of drug-likeness (QED) is 0.0550. The summed E-state index contributed by atoms with van der Waals surface area (Å²) < 4.78 is 0. The van der Waals surface area contributed by atoms with E-state index in [1.807, 2.05) is 6.08 Å². The molecular weight excluding hydrogens is 506 g/mol. The molecule has 0 saturated carbocycles. The second-order valence-electron chi connectivity index (χ2n) is 12.3. The van der Waals surface area contributed by atoms with E-state index in [9.17, 15) is 15.0 Å². The first kappa shape index (κ1) is 39.9. The fourth-order valence-electron chi connectivity index (χ4n) is 5.37. The normalized spacial score (nSPS) is 13.4. The third kappa shape index (κ3) is 30.1. The van der Waals surface area contributed by atoms with Crippen LogP contribution in [-0.2, 0) is 4.79 Å². The fourth-order valence-corrected chi connectivity index (χ4v) is 5.37. The highest BCUT2D eigenvalue weighted by Gasteiger charge is 2.17. The lowest BCUT2D eigenvalue weighted by Crippen LogP contribution is -2.45. The molecule has 41 heavy (non-hydrogen) atoms. The lowest BCUT2D eigenvalue weighted by atomic mass is 10.0. The maximum atomic E-state index is 12.1. The molecule has 0 aromatic carbocycles. The molecule has 0 aliphatic rings. The minimum absolute atomic E-state index is 0.0875. The predicted molar refractivity (Wildman–Crippen MR) is 179 cm³/mol. The predicted octanol–water partition coefficient (Wildman–Crippen LogP) is 10.5. The average Bonchev–Trinajstić information content (AvgIpc) is 2.97. The molecule has 0 heterocycles. The maximum Gasteiger partial charge on any atom is 0.220 e. The van der Waals surface area contributed by atoms with Crippen molar-refractivity contribution < 1.29 is 15.0 Å². The maximum absolute atomic E-state index is 12.1. The van der Waals surface area contributed by atoms with E-state index >= 15 is 0 Å². The first-order valence-corrected chi connectivity index (χ1v) is 18.1. The number of aliphatic hydroxyl groups is 2. The highest BCUT2D eigenvalue weighted by Crippen LogP contribution is 2.15. The Balaban J connectivity index is 3.51. The molecule has 0 aliphatic heterocycles. The molecule has 0 saturated heterocycles. The van der Waals surface area contributed by atoms with Gasteiger partial charge in [-0.1, -0.05) is 173 Å². The molecule has 242 valence electrons. The van der Waals surface area contributed by atoms with Crippen LogP contribution in [0.2, 0.25) is 0 Å². The Morgan fingerprint density at radius 1 is 0.561 bits per heavy atom. The van der Waals surface area contributed by atoms with Gasteiger partial charge in [-0.05, 0) is 32.1 Å². The first-order valence-electron chi connectivity index (χ1n) is 18.1. The van der Waals surface area contributed by atoms with E-state index in [1.54, 1.807) is 6.08 Å². The van der Waals surface area contributed by atoms with Crippen LogP contribution in [-0.4, -0.2) is 34.9 Å². The molecule has 0 spiro atoms. The molecule has 1 amide bonds. The summed E-state index contributed by atoms with van der Waals surface area (Å²) >= 11 is 0. The standard InChI is InChI=1S/C37H71NO3/c1-3-5-7-9-10-11-12-13-14-15-16-17-18-19-20-21-22-23-24-25-26-27-29-30-32-36(40)35(34-39)38-37(41)33-31-28-8-6-4-2/h25-26,30,32,35-36,39-40H,3-24,27-29,31,33-34H2,1-2H3,(H,38,41)/b26-25+,32-30+. The molecule has 0 aromatic rings. The Kier molecular flexibility index (Phi) is 32.5. The summed E-state index contributed by atoms with van der Waals surface area (Å²) in [6.07, 6.45) is 41.7. The van der Waals surface area contributed by atoms with E-state index in [0.717, 1.165) is 38.5 Å². The summed E-state index contributed by atoms with van der Waals surface area (Å²) in [5, 5.41) is 22.6. The highest BCUT2D eigenvalue weighted by atomic mass is 16.3. The summed E-state index contributed by atoms with van der Waals surface area (Å²) in [7, 11) is 0. The molecule has 0 rings (SSSR count). The van der Waals surface area contributed by atoms with Crippen LogP contribution >= 0.6 is 0 Å². The Hall–Kier alpha value is -1.13. The number of hydrogen-bond acceptors (Lipinski definition) is 3. The number of unbranched alkanes of at least 4 members (excludes halogenated alkanes) is 23. The first-order chi connectivity index (χ1) is 20.2. The number of carbonyl (C=O) groups excluding carboxylic acids is 1. The van der Waals surface area contributed by atoms with Crippen LogP contribution in [0.15, 0.2) is 24.3 Å². The van der Waals surface area contributed by atoms with Crippen LogP contribution in [0.3, 0.4) is 0 Å². The van der Waals surface area contributed by atoms with Gasteiger partial charge in [-0.2, -0.15) is 0 Å². The summed E-state index contributed by atoms with van der Waals surface area (Å²) in [5.41, 5.74) is 0. The van der Waals surface area contributed by atoms with Crippen molar-refractivity contribution in [1.29, 1.82) is 0 Å². The van der Waals surface area contributed by atoms with Crippen molar-refractivity contribution in [2.45, 2.75) is 199 Å². The summed E-state index contributed by atoms with van der Waals surface area (Å²) in [6.45, 7) is 4.21. The van der Waals surface area contributed by atoms with Crippen LogP contribution in [0, 0.1) is 0 Å². The molecule has 0 aromatic heterocycles. The molecule has 2 unspecified atom stereocenters. The van der Waals surface area contributed by atoms with Crippen molar-refractivity contribution in [3.8, 4) is 0 Å². The Labute approximate surface area is 256 Å². The van der Waals surface area contributed by atoms with Crippen LogP contribution < -0.4 is 5.32 Å². The van der Waals surface area contributed by atoms with E-state index in [-0.39, 0.29) is 12.5 Å². The number of carbonyl (C=O) groups is 1. The second kappa shape index (κ2) is 33.4. The molecular formula is C37H71NO3. The zero-order valence-electron chi connectivity index (χ0n) is 27.6. The van der Waals surface area contributed by atoms with Gasteiger partial charge in [0.25, 0.3) is 0 Å². The van der Waals surface area contributed by atoms with Gasteiger partial charge in [0.05, 0.1) is 18.8 Å². The zero-order chi connectivity index (χ0) is 30.1. The van der Waals surface area contributed by atoms with Crippen molar-refractivity contribution >= 4 is 5.91 Å². The van der Waals surface area contributed by atoms with Crippen LogP contribution in [0.25, 0.3) is 0 Å². The van der Waals surface area contributed by atoms with Crippen molar-refractivity contribution in [2.24, 2.45) is 0 Å². The van der Waals surface area contributed by atoms with Gasteiger partial charge in [0, 0.05) is 6.42 Å². The zero-order valence-corrected chi connectivity index (χ0v) is 27.6. The number of allylic oxidation sites excluding steroid dienone is 3. The molecule has 2 atom stereocenters. The van der Waals surface area contributed by atoms with Gasteiger partial charge in [-0.15, -0.1) is 0 Å². The van der Waals surface area contributed by atoms with E-state index in [0.29, 0.717) is 6.42 Å². The lowest BCUT2D eigenvalue weighted by molar-refractivity contribution is -0.123. The van der Waals surface area contributed by atoms with Crippen LogP contribution in [0.4, 0.5) is 0 Å². The van der Waals surface area contributed by atoms with Crippen LogP contribution in [0.1, 0.15) is 187 Å². The Morgan fingerprint density at radius 2 is 0.951 bits per heavy atom. The smallest absolute Gasteiger partial charge is 0.220 e. The molecule has 0 aliphatic carbocycles. The van der Waals surface area contributed by atoms with E-state index in [4.69, 9.17) is 0 Å². The van der Waals surface area contributed by atoms with Gasteiger partial charge in [0.2, 0.25) is 5.91 Å². The second-order valence-corrected chi connectivity index (χ2v) is 12.3. The summed E-state index contributed by atoms with van der Waals surface area (Å²) in [4.78, 5) is 12.1. The van der Waals surface area contributed by atoms with E-state index in [2.05, 4.69) is 31.3 Å². The number of rotatable bonds is 32. The van der Waals surface area contributed by atoms with Gasteiger partial charge in [0.15, 0.2) is 0 Å². The summed E-state index contributed by atoms with van der Waals surface area (Å²) in [5.74, 6) is -0.0875. The Morgan fingerprint density at radius 3 is 1.41 bits per heavy atom. The SMILES string of the molecule is CCCCCCCCCCCCCCCCCCCC/C=C/CC/C=C/C(O)C(CO)NC(=O)CCCCCCC. The molecule has 4 heteroatoms. The molecule has 0 fully saturated rings. The topological polar surface area (TPSA) is 69.6 Å². The third-order valence-electron chi connectivity index (χ3n) is 8.19. The monoisotopic (exact) mass is 578 g/mol. The van der Waals surface area contributed by atoms with Gasteiger partial charge in [0.1, 0.15) is 0 Å². The van der Waals surface area contributed by atoms with Gasteiger partial charge in [-0.3, -0.25) is 4.79 Å². The largest absolute Gasteiger partial charge is 0.394 e. The molecule has 0 radical (unpaired) electrons. The Bertz CT molecular complexity index is 589. The third-order valence-corrected chi connectivity index (χ3v) is 8.19. The fraction of sp³-hybridized carbons (Fsp3) is 0.865. The van der Waals surface area contributed by atoms with E-state index < -0.39 is 12.1 Å². The van der Waals surface area contributed by atoms with Crippen molar-refractivity contribution in [2.75, 3.05) is 6.61 Å². The number of aliphatic hydroxyl groups excluding tert-OH is 2. The van der Waals surface area contributed by atoms with Crippen LogP contribution in [0.5, 0.6) is 0 Å². The van der Waals surface area contributed by atoms with Gasteiger partial charge < -0.3 is 15.5 Å². The minimum atomic E-state index is -0.854. The van der Waals surface area contributed by atoms with Crippen molar-refractivity contribution in [3.63, 3.8) is 0 Å². The average molecular weight is 578 g/mol. The number of nitrogens with one attached hydrogen (secondary N) is 1. The molecule has 4 nitrogen and oxygen atoms in total. The highest BCUT2D eigenvalue weighted by molar-refractivity contribution is 5.76.